The smallest absolute Gasteiger partial charge is 0.386 e. The predicted molar refractivity (Wildman–Crippen MR) is 94.7 cm³/mol. The fourth-order valence-corrected chi connectivity index (χ4v) is 3.88. The molecule has 0 amide bonds. The molecule has 0 bridgehead atoms. The van der Waals surface area contributed by atoms with Crippen molar-refractivity contribution in [2.24, 2.45) is 0 Å². The summed E-state index contributed by atoms with van der Waals surface area (Å²) in [5, 5.41) is 13.2. The molecule has 2 aromatic heterocycles. The van der Waals surface area contributed by atoms with Gasteiger partial charge in [-0.1, -0.05) is 0 Å². The van der Waals surface area contributed by atoms with Gasteiger partial charge in [0.05, 0.1) is 12.9 Å². The highest BCUT2D eigenvalue weighted by Crippen LogP contribution is 2.45. The third kappa shape index (κ3) is 5.10. The Kier molecular flexibility index (Phi) is 6.30. The second-order valence-electron chi connectivity index (χ2n) is 5.82. The Morgan fingerprint density at radius 3 is 2.55 bits per heavy atom. The molecule has 0 radical (unpaired) electrons. The highest BCUT2D eigenvalue weighted by Gasteiger charge is 2.49. The topological polar surface area (TPSA) is 219 Å². The number of fused-ring (bicyclic) bond motifs is 1. The van der Waals surface area contributed by atoms with Gasteiger partial charge >= 0.3 is 15.6 Å². The van der Waals surface area contributed by atoms with E-state index in [-0.39, 0.29) is 22.3 Å². The molecule has 1 fully saturated rings. The van der Waals surface area contributed by atoms with E-state index in [0.29, 0.717) is 0 Å². The number of nitrogens with zero attached hydrogens (tertiary/aromatic N) is 4. The maximum Gasteiger partial charge on any atom is 0.470 e. The zero-order valence-corrected chi connectivity index (χ0v) is 17.0. The Hall–Kier alpha value is -1.22. The van der Waals surface area contributed by atoms with Gasteiger partial charge in [0.25, 0.3) is 0 Å². The summed E-state index contributed by atoms with van der Waals surface area (Å²) in [7, 11) is -8.46. The van der Waals surface area contributed by atoms with Crippen molar-refractivity contribution in [3.05, 3.63) is 11.6 Å². The van der Waals surface area contributed by atoms with E-state index in [1.165, 1.54) is 10.9 Å². The van der Waals surface area contributed by atoms with Crippen molar-refractivity contribution in [3.63, 3.8) is 0 Å². The van der Waals surface area contributed by atoms with Crippen molar-refractivity contribution in [1.82, 2.24) is 19.5 Å². The molecular formula is C11H16ClN5O10P2. The molecule has 18 heteroatoms. The molecule has 0 spiro atoms. The molecule has 1 aliphatic rings. The van der Waals surface area contributed by atoms with Crippen LogP contribution < -0.4 is 5.32 Å². The average molecular weight is 476 g/mol. The minimum atomic E-state index is -5.10. The SMILES string of the molecule is CNc1nc(Cl)nc2c1ncn2[C@@H]1O[C@H](COP(=O)(O)O)[C@@H](OP(=O)(O)O)[C@H]1O. The molecule has 1 saturated heterocycles. The molecule has 3 heterocycles. The Labute approximate surface area is 167 Å². The quantitative estimate of drug-likeness (QED) is 0.217. The highest BCUT2D eigenvalue weighted by atomic mass is 35.5. The summed E-state index contributed by atoms with van der Waals surface area (Å²) in [6.45, 7) is -0.827. The summed E-state index contributed by atoms with van der Waals surface area (Å²) in [5.74, 6) is 0.274. The number of hydrogen-bond acceptors (Lipinski definition) is 10. The monoisotopic (exact) mass is 475 g/mol. The van der Waals surface area contributed by atoms with E-state index < -0.39 is 46.8 Å². The van der Waals surface area contributed by atoms with Gasteiger partial charge in [-0.2, -0.15) is 9.97 Å². The molecule has 1 aliphatic heterocycles. The maximum absolute atomic E-state index is 11.3. The van der Waals surface area contributed by atoms with E-state index in [2.05, 4.69) is 29.3 Å². The molecule has 0 saturated carbocycles. The van der Waals surface area contributed by atoms with E-state index in [1.807, 2.05) is 0 Å². The van der Waals surface area contributed by atoms with Crippen LogP contribution in [0.1, 0.15) is 6.23 Å². The molecule has 15 nitrogen and oxygen atoms in total. The number of phosphoric ester groups is 2. The van der Waals surface area contributed by atoms with Crippen LogP contribution in [-0.2, 0) is 22.9 Å². The Morgan fingerprint density at radius 2 is 1.97 bits per heavy atom. The third-order valence-electron chi connectivity index (χ3n) is 3.88. The van der Waals surface area contributed by atoms with Gasteiger partial charge < -0.3 is 34.7 Å². The van der Waals surface area contributed by atoms with Crippen LogP contribution in [0.15, 0.2) is 6.33 Å². The lowest BCUT2D eigenvalue weighted by atomic mass is 10.1. The van der Waals surface area contributed by atoms with Crippen LogP contribution in [0.5, 0.6) is 0 Å². The number of aromatic nitrogens is 4. The van der Waals surface area contributed by atoms with Crippen molar-refractivity contribution in [1.29, 1.82) is 0 Å². The first-order valence-corrected chi connectivity index (χ1v) is 11.2. The number of anilines is 1. The predicted octanol–water partition coefficient (Wildman–Crippen LogP) is -0.633. The summed E-state index contributed by atoms with van der Waals surface area (Å²) in [5.41, 5.74) is 0.375. The Bertz CT molecular complexity index is 994. The van der Waals surface area contributed by atoms with Gasteiger partial charge in [0.1, 0.15) is 18.3 Å². The normalized spacial score (nSPS) is 25.6. The van der Waals surface area contributed by atoms with Gasteiger partial charge in [-0.15, -0.1) is 0 Å². The molecule has 3 rings (SSSR count). The van der Waals surface area contributed by atoms with Crippen LogP contribution in [0.2, 0.25) is 5.28 Å². The molecule has 162 valence electrons. The standard InChI is InChI=1S/C11H16ClN5O10P2/c1-13-8-5-9(16-11(12)15-8)17(3-14-5)10-6(18)7(27-29(22,23)24)4(26-10)2-25-28(19,20)21/h3-4,6-7,10,18H,2H2,1H3,(H,13,15,16)(H2,19,20,21)(H2,22,23,24)/t4-,6-,7-,10-/m1/s1. The van der Waals surface area contributed by atoms with E-state index >= 15 is 0 Å². The summed E-state index contributed by atoms with van der Waals surface area (Å²) < 4.78 is 37.8. The summed E-state index contributed by atoms with van der Waals surface area (Å²) in [6.07, 6.45) is -4.97. The Balaban J connectivity index is 1.97. The van der Waals surface area contributed by atoms with Crippen LogP contribution in [0.4, 0.5) is 5.82 Å². The highest BCUT2D eigenvalue weighted by molar-refractivity contribution is 7.46. The maximum atomic E-state index is 11.3. The minimum Gasteiger partial charge on any atom is -0.386 e. The second-order valence-corrected chi connectivity index (χ2v) is 8.59. The number of hydrogen-bond donors (Lipinski definition) is 6. The number of halogens is 1. The van der Waals surface area contributed by atoms with Crippen LogP contribution in [0, 0.1) is 0 Å². The van der Waals surface area contributed by atoms with Gasteiger partial charge in [-0.05, 0) is 11.6 Å². The first-order chi connectivity index (χ1) is 13.4. The number of imidazole rings is 1. The molecule has 6 N–H and O–H groups in total. The van der Waals surface area contributed by atoms with Gasteiger partial charge in [-0.25, -0.2) is 14.1 Å². The lowest BCUT2D eigenvalue weighted by Crippen LogP contribution is -2.35. The Morgan fingerprint density at radius 1 is 1.28 bits per heavy atom. The fourth-order valence-electron chi connectivity index (χ4n) is 2.79. The summed E-state index contributed by atoms with van der Waals surface area (Å²) in [6, 6.07) is 0. The number of ether oxygens (including phenoxy) is 1. The van der Waals surface area contributed by atoms with E-state index in [4.69, 9.17) is 35.9 Å². The number of aliphatic hydroxyl groups is 1. The molecule has 0 aliphatic carbocycles. The molecular weight excluding hydrogens is 460 g/mol. The number of aliphatic hydroxyl groups excluding tert-OH is 1. The second kappa shape index (κ2) is 8.13. The van der Waals surface area contributed by atoms with Crippen LogP contribution in [-0.4, -0.2) is 76.2 Å². The number of nitrogens with one attached hydrogen (secondary N) is 1. The van der Waals surface area contributed by atoms with Gasteiger partial charge in [0.15, 0.2) is 23.2 Å². The molecule has 4 atom stereocenters. The number of rotatable bonds is 7. The van der Waals surface area contributed by atoms with Crippen molar-refractivity contribution < 1.29 is 47.6 Å². The molecule has 2 aromatic rings. The van der Waals surface area contributed by atoms with Crippen LogP contribution >= 0.6 is 27.2 Å². The summed E-state index contributed by atoms with van der Waals surface area (Å²) in [4.78, 5) is 48.0. The molecule has 29 heavy (non-hydrogen) atoms. The lowest BCUT2D eigenvalue weighted by Gasteiger charge is -2.20. The van der Waals surface area contributed by atoms with Crippen LogP contribution in [0.3, 0.4) is 0 Å². The largest absolute Gasteiger partial charge is 0.470 e. The van der Waals surface area contributed by atoms with Crippen molar-refractivity contribution in [3.8, 4) is 0 Å². The molecule has 0 unspecified atom stereocenters. The first kappa shape index (κ1) is 22.5. The first-order valence-electron chi connectivity index (χ1n) is 7.75. The van der Waals surface area contributed by atoms with Gasteiger partial charge in [0.2, 0.25) is 5.28 Å². The van der Waals surface area contributed by atoms with E-state index in [1.54, 1.807) is 7.05 Å². The van der Waals surface area contributed by atoms with Crippen molar-refractivity contribution in [2.75, 3.05) is 19.0 Å². The van der Waals surface area contributed by atoms with Gasteiger partial charge in [0, 0.05) is 7.05 Å². The van der Waals surface area contributed by atoms with E-state index in [0.717, 1.165) is 0 Å². The summed E-state index contributed by atoms with van der Waals surface area (Å²) >= 11 is 5.88. The molecule has 0 aromatic carbocycles. The van der Waals surface area contributed by atoms with Crippen molar-refractivity contribution >= 4 is 44.2 Å². The minimum absolute atomic E-state index is 0.116. The fraction of sp³-hybridized carbons (Fsp3) is 0.545. The van der Waals surface area contributed by atoms with Crippen molar-refractivity contribution in [2.45, 2.75) is 24.5 Å². The third-order valence-corrected chi connectivity index (χ3v) is 5.05. The average Bonchev–Trinajstić information content (AvgIpc) is 3.12. The van der Waals surface area contributed by atoms with Crippen LogP contribution in [0.25, 0.3) is 11.2 Å². The lowest BCUT2D eigenvalue weighted by molar-refractivity contribution is -0.0502. The number of phosphoric acid groups is 2. The zero-order chi connectivity index (χ0) is 21.6. The van der Waals surface area contributed by atoms with Gasteiger partial charge in [-0.3, -0.25) is 13.6 Å². The van der Waals surface area contributed by atoms with E-state index in [9.17, 15) is 14.2 Å². The zero-order valence-electron chi connectivity index (χ0n) is 14.4.